The predicted octanol–water partition coefficient (Wildman–Crippen LogP) is 6.09. The van der Waals surface area contributed by atoms with Gasteiger partial charge in [0.15, 0.2) is 17.3 Å². The second-order valence-electron chi connectivity index (χ2n) is 9.33. The molecule has 0 radical (unpaired) electrons. The molecule has 0 atom stereocenters. The lowest BCUT2D eigenvalue weighted by atomic mass is 10.1. The fourth-order valence-corrected chi connectivity index (χ4v) is 4.33. The van der Waals surface area contributed by atoms with Crippen molar-refractivity contribution in [3.8, 4) is 11.5 Å². The second-order valence-corrected chi connectivity index (χ2v) is 9.33. The minimum Gasteiger partial charge on any atom is -0.493 e. The molecule has 0 fully saturated rings. The predicted molar refractivity (Wildman–Crippen MR) is 145 cm³/mol. The minimum absolute atomic E-state index is 0.225. The highest BCUT2D eigenvalue weighted by Crippen LogP contribution is 2.28. The highest BCUT2D eigenvalue weighted by Gasteiger charge is 2.18. The van der Waals surface area contributed by atoms with Crippen LogP contribution in [-0.4, -0.2) is 43.5 Å². The van der Waals surface area contributed by atoms with E-state index in [0.29, 0.717) is 49.9 Å². The van der Waals surface area contributed by atoms with Crippen LogP contribution in [0.3, 0.4) is 0 Å². The topological polar surface area (TPSA) is 55.2 Å². The van der Waals surface area contributed by atoms with Gasteiger partial charge in [-0.25, -0.2) is 8.78 Å². The molecule has 1 heterocycles. The summed E-state index contributed by atoms with van der Waals surface area (Å²) in [4.78, 5) is 16.7. The van der Waals surface area contributed by atoms with Gasteiger partial charge in [-0.1, -0.05) is 30.3 Å². The van der Waals surface area contributed by atoms with Crippen molar-refractivity contribution in [2.24, 2.45) is 0 Å². The maximum absolute atomic E-state index is 13.8. The number of halogens is 2. The molecule has 3 aromatic carbocycles. The fourth-order valence-electron chi connectivity index (χ4n) is 4.33. The van der Waals surface area contributed by atoms with Crippen LogP contribution in [0.5, 0.6) is 11.5 Å². The van der Waals surface area contributed by atoms with Gasteiger partial charge in [0.05, 0.1) is 20.8 Å². The Morgan fingerprint density at radius 1 is 0.769 bits per heavy atom. The van der Waals surface area contributed by atoms with E-state index in [1.165, 1.54) is 24.3 Å². The molecule has 1 aromatic heterocycles. The van der Waals surface area contributed by atoms with Gasteiger partial charge in [0, 0.05) is 26.7 Å². The number of rotatable bonds is 12. The summed E-state index contributed by atoms with van der Waals surface area (Å²) >= 11 is 0. The van der Waals surface area contributed by atoms with Crippen molar-refractivity contribution < 1.29 is 27.5 Å². The molecule has 8 heteroatoms. The van der Waals surface area contributed by atoms with E-state index < -0.39 is 0 Å². The molecule has 0 bridgehead atoms. The standard InChI is InChI=1S/C31H32F2N2O4/c1-34(16-15-22-9-13-28(37-2)30(18-22)38-3)31(36)29-14-12-27(39-29)21-35(19-23-7-10-25(32)11-8-23)20-24-5-4-6-26(33)17-24/h4-14,17-18H,15-16,19-21H2,1-3H3. The highest BCUT2D eigenvalue weighted by molar-refractivity contribution is 5.91. The number of methoxy groups -OCH3 is 2. The van der Waals surface area contributed by atoms with Gasteiger partial charge in [0.2, 0.25) is 0 Å². The normalized spacial score (nSPS) is 11.0. The number of furan rings is 1. The zero-order chi connectivity index (χ0) is 27.8. The van der Waals surface area contributed by atoms with Gasteiger partial charge < -0.3 is 18.8 Å². The number of amides is 1. The minimum atomic E-state index is -0.309. The van der Waals surface area contributed by atoms with Crippen molar-refractivity contribution in [1.29, 1.82) is 0 Å². The van der Waals surface area contributed by atoms with Crippen LogP contribution in [0, 0.1) is 11.6 Å². The maximum atomic E-state index is 13.8. The molecular weight excluding hydrogens is 502 g/mol. The summed E-state index contributed by atoms with van der Waals surface area (Å²) in [7, 11) is 4.91. The molecule has 4 rings (SSSR count). The van der Waals surface area contributed by atoms with E-state index in [9.17, 15) is 13.6 Å². The smallest absolute Gasteiger partial charge is 0.289 e. The SMILES string of the molecule is COc1ccc(CCN(C)C(=O)c2ccc(CN(Cc3ccc(F)cc3)Cc3cccc(F)c3)o2)cc1OC. The first-order valence-corrected chi connectivity index (χ1v) is 12.6. The van der Waals surface area contributed by atoms with E-state index in [4.69, 9.17) is 13.9 Å². The average molecular weight is 535 g/mol. The Hall–Kier alpha value is -4.17. The summed E-state index contributed by atoms with van der Waals surface area (Å²) in [5, 5.41) is 0. The Balaban J connectivity index is 1.41. The van der Waals surface area contributed by atoms with Gasteiger partial charge >= 0.3 is 0 Å². The zero-order valence-electron chi connectivity index (χ0n) is 22.3. The first-order valence-electron chi connectivity index (χ1n) is 12.6. The third-order valence-electron chi connectivity index (χ3n) is 6.40. The molecule has 4 aromatic rings. The lowest BCUT2D eigenvalue weighted by Crippen LogP contribution is -2.28. The lowest BCUT2D eigenvalue weighted by Gasteiger charge is -2.22. The molecular formula is C31H32F2N2O4. The summed E-state index contributed by atoms with van der Waals surface area (Å²) in [6.07, 6.45) is 0.634. The first kappa shape index (κ1) is 27.9. The zero-order valence-corrected chi connectivity index (χ0v) is 22.3. The van der Waals surface area contributed by atoms with Crippen molar-refractivity contribution in [2.75, 3.05) is 27.8 Å². The molecule has 39 heavy (non-hydrogen) atoms. The van der Waals surface area contributed by atoms with Crippen molar-refractivity contribution in [2.45, 2.75) is 26.1 Å². The van der Waals surface area contributed by atoms with Crippen LogP contribution in [0.4, 0.5) is 8.78 Å². The monoisotopic (exact) mass is 534 g/mol. The van der Waals surface area contributed by atoms with E-state index >= 15 is 0 Å². The molecule has 204 valence electrons. The van der Waals surface area contributed by atoms with Crippen molar-refractivity contribution >= 4 is 5.91 Å². The van der Waals surface area contributed by atoms with Crippen molar-refractivity contribution in [3.63, 3.8) is 0 Å². The molecule has 0 aliphatic rings. The second kappa shape index (κ2) is 13.1. The molecule has 0 aliphatic carbocycles. The average Bonchev–Trinajstić information content (AvgIpc) is 3.40. The largest absolute Gasteiger partial charge is 0.493 e. The van der Waals surface area contributed by atoms with E-state index in [2.05, 4.69) is 4.90 Å². The summed E-state index contributed by atoms with van der Waals surface area (Å²) in [5.74, 6) is 1.30. The Labute approximate surface area is 227 Å². The van der Waals surface area contributed by atoms with Crippen LogP contribution in [-0.2, 0) is 26.1 Å². The van der Waals surface area contributed by atoms with Crippen LogP contribution in [0.25, 0.3) is 0 Å². The van der Waals surface area contributed by atoms with Crippen LogP contribution < -0.4 is 9.47 Å². The summed E-state index contributed by atoms with van der Waals surface area (Å²) in [6.45, 7) is 1.81. The van der Waals surface area contributed by atoms with Crippen molar-refractivity contribution in [3.05, 3.63) is 119 Å². The Morgan fingerprint density at radius 2 is 1.49 bits per heavy atom. The lowest BCUT2D eigenvalue weighted by molar-refractivity contribution is 0.0760. The molecule has 0 saturated carbocycles. The van der Waals surface area contributed by atoms with Gasteiger partial charge in [0.25, 0.3) is 5.91 Å². The van der Waals surface area contributed by atoms with Crippen LogP contribution >= 0.6 is 0 Å². The third-order valence-corrected chi connectivity index (χ3v) is 6.40. The van der Waals surface area contributed by atoms with Crippen LogP contribution in [0.1, 0.15) is 33.0 Å². The van der Waals surface area contributed by atoms with E-state index in [-0.39, 0.29) is 23.3 Å². The number of ether oxygens (including phenoxy) is 2. The number of benzene rings is 3. The molecule has 6 nitrogen and oxygen atoms in total. The van der Waals surface area contributed by atoms with E-state index in [1.54, 1.807) is 56.5 Å². The Morgan fingerprint density at radius 3 is 2.21 bits per heavy atom. The molecule has 0 unspecified atom stereocenters. The summed E-state index contributed by atoms with van der Waals surface area (Å²) in [5.41, 5.74) is 2.72. The van der Waals surface area contributed by atoms with Crippen molar-refractivity contribution in [1.82, 2.24) is 9.80 Å². The van der Waals surface area contributed by atoms with Gasteiger partial charge in [-0.3, -0.25) is 9.69 Å². The molecule has 0 N–H and O–H groups in total. The number of likely N-dealkylation sites (N-methyl/N-ethyl adjacent to an activating group) is 1. The number of hydrogen-bond donors (Lipinski definition) is 0. The molecule has 1 amide bonds. The van der Waals surface area contributed by atoms with E-state index in [0.717, 1.165) is 16.7 Å². The number of nitrogens with zero attached hydrogens (tertiary/aromatic N) is 2. The third kappa shape index (κ3) is 7.67. The van der Waals surface area contributed by atoms with Gasteiger partial charge in [-0.05, 0) is 71.6 Å². The molecule has 0 spiro atoms. The van der Waals surface area contributed by atoms with E-state index in [1.807, 2.05) is 24.3 Å². The number of carbonyl (C=O) groups excluding carboxylic acids is 1. The Bertz CT molecular complexity index is 1390. The number of carbonyl (C=O) groups is 1. The Kier molecular flexibility index (Phi) is 9.33. The van der Waals surface area contributed by atoms with Crippen LogP contribution in [0.2, 0.25) is 0 Å². The summed E-state index contributed by atoms with van der Waals surface area (Å²) < 4.78 is 43.8. The van der Waals surface area contributed by atoms with Crippen LogP contribution in [0.15, 0.2) is 83.3 Å². The summed E-state index contributed by atoms with van der Waals surface area (Å²) in [6, 6.07) is 21.8. The first-order chi connectivity index (χ1) is 18.8. The number of hydrogen-bond acceptors (Lipinski definition) is 5. The highest BCUT2D eigenvalue weighted by atomic mass is 19.1. The van der Waals surface area contributed by atoms with Gasteiger partial charge in [0.1, 0.15) is 17.4 Å². The quantitative estimate of drug-likeness (QED) is 0.220. The maximum Gasteiger partial charge on any atom is 0.289 e. The van der Waals surface area contributed by atoms with Gasteiger partial charge in [-0.15, -0.1) is 0 Å². The molecule has 0 saturated heterocycles. The van der Waals surface area contributed by atoms with Gasteiger partial charge in [-0.2, -0.15) is 0 Å². The fraction of sp³-hybridized carbons (Fsp3) is 0.258. The molecule has 0 aliphatic heterocycles.